The molecule has 12 aromatic carbocycles. The third kappa shape index (κ3) is 8.40. The zero-order valence-corrected chi connectivity index (χ0v) is 45.5. The van der Waals surface area contributed by atoms with Crippen LogP contribution in [-0.2, 0) is 10.8 Å². The number of rotatable bonds is 13. The fraction of sp³-hybridized carbons (Fsp3) is 0.0256. The van der Waals surface area contributed by atoms with Crippen molar-refractivity contribution < 1.29 is 17.6 Å². The fourth-order valence-electron chi connectivity index (χ4n) is 13.2. The molecule has 0 heterocycles. The zero-order chi connectivity index (χ0) is 57.1. The molecule has 0 bridgehead atoms. The molecule has 2 aliphatic carbocycles. The molecule has 6 heteroatoms. The van der Waals surface area contributed by atoms with Crippen LogP contribution in [0.5, 0.6) is 0 Å². The van der Waals surface area contributed by atoms with Crippen molar-refractivity contribution in [2.75, 3.05) is 9.80 Å². The van der Waals surface area contributed by atoms with Crippen LogP contribution in [0.3, 0.4) is 0 Å². The molecule has 402 valence electrons. The number of hydrogen-bond donors (Lipinski definition) is 0. The maximum Gasteiger partial charge on any atom is 0.123 e. The summed E-state index contributed by atoms with van der Waals surface area (Å²) in [4.78, 5) is 4.28. The predicted molar refractivity (Wildman–Crippen MR) is 336 cm³/mol. The Morgan fingerprint density at radius 3 is 0.845 bits per heavy atom. The van der Waals surface area contributed by atoms with Gasteiger partial charge in [-0.2, -0.15) is 0 Å². The van der Waals surface area contributed by atoms with Crippen LogP contribution < -0.4 is 9.80 Å². The lowest BCUT2D eigenvalue weighted by atomic mass is 9.67. The molecule has 0 amide bonds. The number of anilines is 6. The summed E-state index contributed by atoms with van der Waals surface area (Å²) in [6.07, 6.45) is 3.66. The quantitative estimate of drug-likeness (QED) is 0.106. The molecule has 2 nitrogen and oxygen atoms in total. The van der Waals surface area contributed by atoms with Gasteiger partial charge in [-0.3, -0.25) is 0 Å². The predicted octanol–water partition coefficient (Wildman–Crippen LogP) is 20.9. The molecule has 14 rings (SSSR count). The Kier molecular flexibility index (Phi) is 12.7. The first kappa shape index (κ1) is 51.6. The molecule has 0 aliphatic heterocycles. The van der Waals surface area contributed by atoms with Gasteiger partial charge < -0.3 is 9.80 Å². The second-order valence-corrected chi connectivity index (χ2v) is 21.4. The lowest BCUT2D eigenvalue weighted by Gasteiger charge is -2.35. The van der Waals surface area contributed by atoms with Crippen LogP contribution in [-0.4, -0.2) is 0 Å². The molecular formula is C78H52F4N2. The van der Waals surface area contributed by atoms with E-state index in [1.807, 2.05) is 36.4 Å². The van der Waals surface area contributed by atoms with Gasteiger partial charge in [0.25, 0.3) is 0 Å². The van der Waals surface area contributed by atoms with E-state index < -0.39 is 10.8 Å². The molecular weight excluding hydrogens is 1040 g/mol. The van der Waals surface area contributed by atoms with Crippen LogP contribution in [0, 0.1) is 23.3 Å². The van der Waals surface area contributed by atoms with Crippen molar-refractivity contribution in [2.24, 2.45) is 0 Å². The van der Waals surface area contributed by atoms with Crippen molar-refractivity contribution in [3.63, 3.8) is 0 Å². The van der Waals surface area contributed by atoms with Gasteiger partial charge in [-0.05, 0) is 210 Å². The third-order valence-corrected chi connectivity index (χ3v) is 17.0. The van der Waals surface area contributed by atoms with Crippen LogP contribution in [0.4, 0.5) is 51.7 Å². The summed E-state index contributed by atoms with van der Waals surface area (Å²) in [5, 5.41) is 0. The van der Waals surface area contributed by atoms with E-state index in [1.54, 1.807) is 24.3 Å². The maximum absolute atomic E-state index is 14.8. The summed E-state index contributed by atoms with van der Waals surface area (Å²) in [7, 11) is 0. The normalized spacial score (nSPS) is 15.3. The van der Waals surface area contributed by atoms with Gasteiger partial charge in [0, 0.05) is 34.1 Å². The van der Waals surface area contributed by atoms with Gasteiger partial charge in [0.05, 0.1) is 10.8 Å². The fourth-order valence-corrected chi connectivity index (χ4v) is 13.2. The summed E-state index contributed by atoms with van der Waals surface area (Å²) in [6, 6.07) is 90.2. The molecule has 0 saturated carbocycles. The Bertz CT molecular complexity index is 4170. The SMILES string of the molecule is C=Cc1ccc(C2(c3ccc(F)cc3)c3ccccc3-c3ccc(N(c4ccc(F)cc4)c4ccc(-c5ccc(N(c6ccc(F)cc6)c6ccc7c(c6)C(c6ccc(F)cc6)(c6ccc(C=C)cc6)c6ccccc6-7)cc5)cc4)cc32)cc1. The highest BCUT2D eigenvalue weighted by Crippen LogP contribution is 2.59. The van der Waals surface area contributed by atoms with Gasteiger partial charge in [0.1, 0.15) is 23.3 Å². The molecule has 2 unspecified atom stereocenters. The van der Waals surface area contributed by atoms with Gasteiger partial charge in [0.15, 0.2) is 0 Å². The second kappa shape index (κ2) is 20.8. The van der Waals surface area contributed by atoms with E-state index in [0.29, 0.717) is 0 Å². The Labute approximate surface area is 486 Å². The molecule has 0 fully saturated rings. The van der Waals surface area contributed by atoms with E-state index in [2.05, 4.69) is 205 Å². The van der Waals surface area contributed by atoms with Crippen LogP contribution in [0.1, 0.15) is 55.6 Å². The summed E-state index contributed by atoms with van der Waals surface area (Å²) in [5.41, 5.74) is 19.7. The first-order valence-electron chi connectivity index (χ1n) is 27.9. The summed E-state index contributed by atoms with van der Waals surface area (Å²) >= 11 is 0. The zero-order valence-electron chi connectivity index (χ0n) is 45.5. The van der Waals surface area contributed by atoms with Gasteiger partial charge in [-0.25, -0.2) is 17.6 Å². The molecule has 0 N–H and O–H groups in total. The van der Waals surface area contributed by atoms with Crippen molar-refractivity contribution in [1.82, 2.24) is 0 Å². The minimum atomic E-state index is -0.814. The molecule has 2 atom stereocenters. The molecule has 0 saturated heterocycles. The van der Waals surface area contributed by atoms with E-state index in [9.17, 15) is 17.6 Å². The second-order valence-electron chi connectivity index (χ2n) is 21.4. The first-order chi connectivity index (χ1) is 41.1. The van der Waals surface area contributed by atoms with E-state index in [1.165, 1.54) is 48.5 Å². The van der Waals surface area contributed by atoms with E-state index in [0.717, 1.165) is 123 Å². The van der Waals surface area contributed by atoms with Crippen molar-refractivity contribution >= 4 is 46.3 Å². The minimum absolute atomic E-state index is 0.314. The Balaban J connectivity index is 0.858. The van der Waals surface area contributed by atoms with E-state index in [4.69, 9.17) is 0 Å². The van der Waals surface area contributed by atoms with Gasteiger partial charge in [0.2, 0.25) is 0 Å². The largest absolute Gasteiger partial charge is 0.310 e. The van der Waals surface area contributed by atoms with Crippen LogP contribution in [0.15, 0.2) is 292 Å². The highest BCUT2D eigenvalue weighted by molar-refractivity contribution is 5.92. The lowest BCUT2D eigenvalue weighted by molar-refractivity contribution is 0.624. The average molecular weight is 1090 g/mol. The van der Waals surface area contributed by atoms with Crippen molar-refractivity contribution in [1.29, 1.82) is 0 Å². The summed E-state index contributed by atoms with van der Waals surface area (Å²) in [5.74, 6) is -1.31. The third-order valence-electron chi connectivity index (χ3n) is 17.0. The molecule has 0 aromatic heterocycles. The van der Waals surface area contributed by atoms with Gasteiger partial charge in [-0.15, -0.1) is 0 Å². The van der Waals surface area contributed by atoms with Gasteiger partial charge >= 0.3 is 0 Å². The standard InChI is InChI=1S/C78H52F4N2/c1-3-51-13-21-55(22-14-51)77(57-25-29-59(79)30-26-57)73-11-7-5-9-69(73)71-47-45-67(49-75(71)77)83(65-41-33-61(81)34-42-65)63-37-17-53(18-38-63)54-19-39-64(40-20-54)84(66-43-35-62(82)36-44-66)68-46-48-72-70-10-6-8-12-74(70)78(76(72)50-68,58-27-31-60(80)32-28-58)56-23-15-52(4-2)16-24-56/h3-50H,1-2H2. The van der Waals surface area contributed by atoms with Gasteiger partial charge in [-0.1, -0.05) is 183 Å². The van der Waals surface area contributed by atoms with Crippen LogP contribution in [0.2, 0.25) is 0 Å². The maximum atomic E-state index is 14.8. The van der Waals surface area contributed by atoms with Crippen molar-refractivity contribution in [2.45, 2.75) is 10.8 Å². The number of nitrogens with zero attached hydrogens (tertiary/aromatic N) is 2. The number of halogens is 4. The topological polar surface area (TPSA) is 6.48 Å². The average Bonchev–Trinajstić information content (AvgIpc) is 2.41. The Hall–Kier alpha value is -10.6. The number of fused-ring (bicyclic) bond motifs is 6. The van der Waals surface area contributed by atoms with Crippen molar-refractivity contribution in [3.8, 4) is 33.4 Å². The Morgan fingerprint density at radius 1 is 0.262 bits per heavy atom. The summed E-state index contributed by atoms with van der Waals surface area (Å²) < 4.78 is 59.2. The highest BCUT2D eigenvalue weighted by Gasteiger charge is 2.48. The molecule has 0 spiro atoms. The Morgan fingerprint density at radius 2 is 0.524 bits per heavy atom. The van der Waals surface area contributed by atoms with Crippen LogP contribution in [0.25, 0.3) is 45.5 Å². The van der Waals surface area contributed by atoms with Crippen molar-refractivity contribution in [3.05, 3.63) is 371 Å². The van der Waals surface area contributed by atoms with E-state index >= 15 is 0 Å². The summed E-state index contributed by atoms with van der Waals surface area (Å²) in [6.45, 7) is 8.02. The monoisotopic (exact) mass is 1090 g/mol. The number of benzene rings is 12. The first-order valence-corrected chi connectivity index (χ1v) is 27.9. The molecule has 12 aromatic rings. The number of hydrogen-bond acceptors (Lipinski definition) is 2. The minimum Gasteiger partial charge on any atom is -0.310 e. The molecule has 0 radical (unpaired) electrons. The molecule has 84 heavy (non-hydrogen) atoms. The molecule has 2 aliphatic rings. The van der Waals surface area contributed by atoms with E-state index in [-0.39, 0.29) is 23.3 Å². The lowest BCUT2D eigenvalue weighted by Crippen LogP contribution is -2.29. The highest BCUT2D eigenvalue weighted by atomic mass is 19.1. The smallest absolute Gasteiger partial charge is 0.123 e. The van der Waals surface area contributed by atoms with Crippen LogP contribution >= 0.6 is 0 Å².